The van der Waals surface area contributed by atoms with Crippen LogP contribution in [0.2, 0.25) is 0 Å². The zero-order chi connectivity index (χ0) is 14.0. The first kappa shape index (κ1) is 21.0. The van der Waals surface area contributed by atoms with E-state index in [9.17, 15) is 4.39 Å². The van der Waals surface area contributed by atoms with E-state index in [0.29, 0.717) is 12.1 Å². The molecule has 1 radical (unpaired) electrons. The van der Waals surface area contributed by atoms with Crippen molar-refractivity contribution < 1.29 is 37.1 Å². The van der Waals surface area contributed by atoms with Crippen molar-refractivity contribution in [3.8, 4) is 0 Å². The number of fused-ring (bicyclic) bond motifs is 1. The zero-order valence-corrected chi connectivity index (χ0v) is 16.8. The Hall–Kier alpha value is 0.0139. The maximum Gasteiger partial charge on any atom is 0.123 e. The minimum Gasteiger partial charge on any atom is -0.398 e. The summed E-state index contributed by atoms with van der Waals surface area (Å²) >= 11 is 0. The summed E-state index contributed by atoms with van der Waals surface area (Å²) in [6.45, 7) is 5.24. The van der Waals surface area contributed by atoms with Crippen molar-refractivity contribution in [3.05, 3.63) is 43.4 Å². The Labute approximate surface area is 155 Å². The van der Waals surface area contributed by atoms with Crippen molar-refractivity contribution >= 4 is 5.69 Å². The summed E-state index contributed by atoms with van der Waals surface area (Å²) in [4.78, 5) is 4.61. The monoisotopic (exact) mass is 367 g/mol. The Balaban J connectivity index is 0.00000200. The Bertz CT molecular complexity index is 437. The van der Waals surface area contributed by atoms with Crippen molar-refractivity contribution in [1.82, 2.24) is 4.90 Å². The summed E-state index contributed by atoms with van der Waals surface area (Å²) in [5, 5.41) is 0. The molecule has 0 amide bonds. The molecule has 1 heterocycles. The van der Waals surface area contributed by atoms with Crippen LogP contribution in [0.3, 0.4) is 0 Å². The van der Waals surface area contributed by atoms with Crippen LogP contribution in [-0.2, 0) is 32.7 Å². The number of nitrogens with zero attached hydrogens (tertiary/aromatic N) is 2. The summed E-state index contributed by atoms with van der Waals surface area (Å²) in [5.74, 6) is -0.138. The summed E-state index contributed by atoms with van der Waals surface area (Å²) in [5.41, 5.74) is 2.31. The molecule has 1 aliphatic rings. The fourth-order valence-electron chi connectivity index (χ4n) is 3.08. The van der Waals surface area contributed by atoms with Gasteiger partial charge in [0.2, 0.25) is 0 Å². The van der Waals surface area contributed by atoms with Crippen LogP contribution in [0.4, 0.5) is 10.1 Å². The largest absolute Gasteiger partial charge is 0.398 e. The van der Waals surface area contributed by atoms with Gasteiger partial charge < -0.3 is 23.6 Å². The van der Waals surface area contributed by atoms with Gasteiger partial charge in [0.25, 0.3) is 0 Å². The van der Waals surface area contributed by atoms with Gasteiger partial charge in [-0.2, -0.15) is 6.92 Å². The fourth-order valence-corrected chi connectivity index (χ4v) is 3.08. The summed E-state index contributed by atoms with van der Waals surface area (Å²) in [6.07, 6.45) is 4.36. The number of halogens is 1. The smallest absolute Gasteiger partial charge is 0.123 e. The molecular weight excluding hydrogens is 340 g/mol. The fraction of sp³-hybridized carbons (Fsp3) is 0.529. The minimum absolute atomic E-state index is 0. The Kier molecular flexibility index (Phi) is 9.23. The number of anilines is 1. The second-order valence-electron chi connectivity index (χ2n) is 5.54. The van der Waals surface area contributed by atoms with E-state index >= 15 is 0 Å². The van der Waals surface area contributed by atoms with E-state index in [1.807, 2.05) is 6.07 Å². The minimum atomic E-state index is -0.138. The van der Waals surface area contributed by atoms with Gasteiger partial charge in [-0.25, -0.2) is 4.39 Å². The van der Waals surface area contributed by atoms with E-state index in [1.54, 1.807) is 12.1 Å². The van der Waals surface area contributed by atoms with Gasteiger partial charge in [0.1, 0.15) is 5.82 Å². The van der Waals surface area contributed by atoms with Gasteiger partial charge in [0, 0.05) is 50.5 Å². The number of hydrogen-bond acceptors (Lipinski definition) is 2. The first-order valence-electron chi connectivity index (χ1n) is 7.08. The van der Waals surface area contributed by atoms with E-state index in [2.05, 4.69) is 44.2 Å². The predicted molar refractivity (Wildman–Crippen MR) is 85.3 cm³/mol. The molecule has 0 aromatic heterocycles. The molecule has 2 rings (SSSR count). The molecule has 0 unspecified atom stereocenters. The van der Waals surface area contributed by atoms with Gasteiger partial charge in [0.05, 0.1) is 0 Å². The van der Waals surface area contributed by atoms with Crippen LogP contribution in [-0.4, -0.2) is 31.6 Å². The molecule has 0 N–H and O–H groups in total. The molecule has 1 aromatic rings. The predicted octanol–water partition coefficient (Wildman–Crippen LogP) is 4.09. The van der Waals surface area contributed by atoms with Crippen molar-refractivity contribution in [2.45, 2.75) is 38.8 Å². The van der Waals surface area contributed by atoms with Crippen LogP contribution in [0.5, 0.6) is 0 Å². The van der Waals surface area contributed by atoms with Crippen molar-refractivity contribution in [2.75, 3.05) is 25.5 Å². The Morgan fingerprint density at radius 2 is 2.05 bits per heavy atom. The molecule has 4 heteroatoms. The molecule has 1 aliphatic heterocycles. The van der Waals surface area contributed by atoms with Gasteiger partial charge in [-0.1, -0.05) is 6.92 Å². The number of hydrogen-bond donors (Lipinski definition) is 0. The van der Waals surface area contributed by atoms with Crippen molar-refractivity contribution in [3.63, 3.8) is 0 Å². The first-order valence-corrected chi connectivity index (χ1v) is 7.08. The maximum atomic E-state index is 13.6. The maximum absolute atomic E-state index is 13.6. The summed E-state index contributed by atoms with van der Waals surface area (Å²) < 4.78 is 13.6. The first-order chi connectivity index (χ1) is 9.08. The van der Waals surface area contributed by atoms with Crippen LogP contribution >= 0.6 is 0 Å². The quantitative estimate of drug-likeness (QED) is 0.740. The Morgan fingerprint density at radius 3 is 2.57 bits per heavy atom. The molecule has 0 spiro atoms. The van der Waals surface area contributed by atoms with Crippen LogP contribution in [0.25, 0.3) is 0 Å². The van der Waals surface area contributed by atoms with E-state index < -0.39 is 0 Å². The van der Waals surface area contributed by atoms with E-state index in [4.69, 9.17) is 0 Å². The second-order valence-corrected chi connectivity index (χ2v) is 5.54. The molecule has 21 heavy (non-hydrogen) atoms. The molecule has 117 valence electrons. The average molecular weight is 367 g/mol. The van der Waals surface area contributed by atoms with Gasteiger partial charge in [0.15, 0.2) is 0 Å². The Morgan fingerprint density at radius 1 is 1.38 bits per heavy atom. The summed E-state index contributed by atoms with van der Waals surface area (Å²) in [7, 11) is 4.15. The second kappa shape index (κ2) is 9.22. The molecule has 1 aromatic carbocycles. The SMILES string of the molecule is C[CH-]CN1c2ccc(F)cc2[C@@H](N(C)C)C[C@H]1CC.[CH3-].[Y]. The van der Waals surface area contributed by atoms with E-state index in [0.717, 1.165) is 24.9 Å². The molecule has 2 atom stereocenters. The van der Waals surface area contributed by atoms with Gasteiger partial charge in [-0.3, -0.25) is 0 Å². The normalized spacial score (nSPS) is 20.6. The molecule has 0 saturated heterocycles. The van der Waals surface area contributed by atoms with Crippen LogP contribution in [0.1, 0.15) is 38.3 Å². The van der Waals surface area contributed by atoms with Crippen LogP contribution in [0.15, 0.2) is 18.2 Å². The third-order valence-corrected chi connectivity index (χ3v) is 4.07. The standard InChI is InChI=1S/C16H24FN2.CH3.Y/c1-5-9-19-13(6-2)11-16(18(3)4)14-10-12(17)7-8-15(14)19;;/h5,7-8,10,13,16H,6,9,11H2,1-4H3;1H3;/q2*-1;/t13-,16+;;/m1../s1. The van der Waals surface area contributed by atoms with E-state index in [1.165, 1.54) is 5.69 Å². The molecule has 0 fully saturated rings. The van der Waals surface area contributed by atoms with Gasteiger partial charge in [-0.15, -0.1) is 6.54 Å². The van der Waals surface area contributed by atoms with Crippen LogP contribution in [0, 0.1) is 19.7 Å². The molecule has 0 bridgehead atoms. The van der Waals surface area contributed by atoms with E-state index in [-0.39, 0.29) is 46.0 Å². The number of benzene rings is 1. The molecule has 2 nitrogen and oxygen atoms in total. The summed E-state index contributed by atoms with van der Waals surface area (Å²) in [6, 6.07) is 6.05. The van der Waals surface area contributed by atoms with Crippen molar-refractivity contribution in [2.24, 2.45) is 0 Å². The molecule has 0 aliphatic carbocycles. The van der Waals surface area contributed by atoms with Gasteiger partial charge in [-0.05, 0) is 50.7 Å². The molecule has 0 saturated carbocycles. The van der Waals surface area contributed by atoms with Crippen LogP contribution < -0.4 is 4.90 Å². The van der Waals surface area contributed by atoms with Crippen molar-refractivity contribution in [1.29, 1.82) is 0 Å². The topological polar surface area (TPSA) is 6.48 Å². The third-order valence-electron chi connectivity index (χ3n) is 4.07. The zero-order valence-electron chi connectivity index (χ0n) is 13.9. The average Bonchev–Trinajstić information content (AvgIpc) is 2.38. The molecular formula is C17H27FN2Y-2. The van der Waals surface area contributed by atoms with Gasteiger partial charge >= 0.3 is 0 Å². The number of rotatable bonds is 4. The third kappa shape index (κ3) is 4.49.